The van der Waals surface area contributed by atoms with Crippen LogP contribution in [0.3, 0.4) is 0 Å². The van der Waals surface area contributed by atoms with Crippen LogP contribution < -0.4 is 20.5 Å². The minimum atomic E-state index is -1.22. The van der Waals surface area contributed by atoms with Crippen molar-refractivity contribution in [2.75, 3.05) is 11.9 Å². The zero-order valence-electron chi connectivity index (χ0n) is 68.2. The standard InChI is InChI=1S/C47H53FN2O6.C34H31FO4.C14H27NO4/c1-31(2)43-42(45(52)49-35-21-15-10-16-22-35)41(33-19-13-9-14-20-33)44(38-24-23-34(48)27-39(38)53-30-32-17-11-8-12-18-32)50(43)26-25-36-28-37(55-47(6,7)54-36)29-40(51)56-46(3,4)5;1-23(2)33(37)32(29(36)20-24-12-6-3-7-13-24)31(26-16-10-5-11-17-26)34(38)28-19-18-27(35)21-30(28)39-22-25-14-8-4-9-15-25;1-13(2,3)19-12(16)9-11-8-10(6-7-15)17-14(4,5)18-11/h8-24,27,31,36-37H,25-26,28-30H2,1-7H3,(H,49,52);3-19,21,23,31-32H,20,22H2,1-2H3;10-11H,6-9,15H2,1-5H3/t36-,37-;;10-,11-/m1.1/s1. The number of Topliss-reactive ketones (excluding diaryl/α,β-unsaturated/α-hetero) is 3. The molecular formula is C95H111F2N3O14. The van der Waals surface area contributed by atoms with Gasteiger partial charge in [0.1, 0.15) is 59.1 Å². The van der Waals surface area contributed by atoms with Crippen molar-refractivity contribution in [1.29, 1.82) is 0 Å². The summed E-state index contributed by atoms with van der Waals surface area (Å²) in [6, 6.07) is 64.6. The van der Waals surface area contributed by atoms with Crippen LogP contribution in [0.1, 0.15) is 196 Å². The first kappa shape index (κ1) is 87.7. The Balaban J connectivity index is 0.000000221. The molecule has 2 unspecified atom stereocenters. The molecule has 0 spiro atoms. The Labute approximate surface area is 670 Å². The summed E-state index contributed by atoms with van der Waals surface area (Å²) in [7, 11) is 0. The van der Waals surface area contributed by atoms with Gasteiger partial charge in [-0.1, -0.05) is 198 Å². The van der Waals surface area contributed by atoms with E-state index in [0.29, 0.717) is 60.5 Å². The number of aromatic nitrogens is 1. The fourth-order valence-corrected chi connectivity index (χ4v) is 14.4. The number of anilines is 1. The average molecular weight is 1560 g/mol. The second kappa shape index (κ2) is 40.1. The molecule has 114 heavy (non-hydrogen) atoms. The van der Waals surface area contributed by atoms with Gasteiger partial charge in [-0.3, -0.25) is 28.8 Å². The van der Waals surface area contributed by atoms with Gasteiger partial charge in [0.25, 0.3) is 5.91 Å². The third-order valence-corrected chi connectivity index (χ3v) is 18.9. The monoisotopic (exact) mass is 1560 g/mol. The van der Waals surface area contributed by atoms with Crippen LogP contribution in [0.4, 0.5) is 14.5 Å². The molecule has 3 N–H and O–H groups in total. The van der Waals surface area contributed by atoms with Crippen LogP contribution in [-0.2, 0) is 73.8 Å². The lowest BCUT2D eigenvalue weighted by molar-refractivity contribution is -0.301. The van der Waals surface area contributed by atoms with E-state index in [1.807, 2.05) is 227 Å². The van der Waals surface area contributed by atoms with Gasteiger partial charge in [0.15, 0.2) is 17.4 Å². The Hall–Kier alpha value is -10.3. The number of nitrogens with two attached hydrogens (primary N) is 1. The fraction of sp³-hybridized carbons (Fsp3) is 0.389. The lowest BCUT2D eigenvalue weighted by Crippen LogP contribution is -2.46. The largest absolute Gasteiger partial charge is 0.488 e. The third kappa shape index (κ3) is 25.9. The Kier molecular flexibility index (Phi) is 30.9. The van der Waals surface area contributed by atoms with E-state index in [4.69, 9.17) is 43.6 Å². The van der Waals surface area contributed by atoms with Crippen LogP contribution in [0.2, 0.25) is 0 Å². The molecule has 0 saturated carbocycles. The van der Waals surface area contributed by atoms with E-state index in [1.54, 1.807) is 44.2 Å². The smallest absolute Gasteiger partial charge is 0.308 e. The number of para-hydroxylation sites is 1. The summed E-state index contributed by atoms with van der Waals surface area (Å²) in [5, 5.41) is 3.15. The summed E-state index contributed by atoms with van der Waals surface area (Å²) in [6.07, 6.45) is 2.02. The molecular weight excluding hydrogens is 1450 g/mol. The molecule has 11 rings (SSSR count). The van der Waals surface area contributed by atoms with Gasteiger partial charge in [-0.2, -0.15) is 0 Å². The Bertz CT molecular complexity index is 4640. The van der Waals surface area contributed by atoms with Gasteiger partial charge in [0.05, 0.1) is 65.9 Å². The van der Waals surface area contributed by atoms with Gasteiger partial charge in [-0.15, -0.1) is 0 Å². The van der Waals surface area contributed by atoms with Gasteiger partial charge in [-0.25, -0.2) is 8.78 Å². The molecule has 2 saturated heterocycles. The topological polar surface area (TPSA) is 219 Å². The number of rotatable bonds is 29. The average Bonchev–Trinajstić information content (AvgIpc) is 1.57. The molecule has 0 bridgehead atoms. The van der Waals surface area contributed by atoms with Gasteiger partial charge < -0.3 is 53.5 Å². The molecule has 2 aliphatic rings. The summed E-state index contributed by atoms with van der Waals surface area (Å²) < 4.78 is 79.2. The lowest BCUT2D eigenvalue weighted by Gasteiger charge is -2.41. The number of hydrogen-bond donors (Lipinski definition) is 2. The number of ketones is 3. The molecule has 8 aromatic carbocycles. The highest BCUT2D eigenvalue weighted by molar-refractivity contribution is 6.14. The first-order valence-electron chi connectivity index (χ1n) is 39.3. The summed E-state index contributed by atoms with van der Waals surface area (Å²) in [4.78, 5) is 81.2. The third-order valence-electron chi connectivity index (χ3n) is 18.9. The quantitative estimate of drug-likeness (QED) is 0.0253. The van der Waals surface area contributed by atoms with Crippen LogP contribution in [0.15, 0.2) is 218 Å². The van der Waals surface area contributed by atoms with Crippen LogP contribution in [0, 0.1) is 23.5 Å². The van der Waals surface area contributed by atoms with E-state index in [2.05, 4.69) is 23.7 Å². The maximum atomic E-state index is 15.2. The number of nitrogens with zero attached hydrogens (tertiary/aromatic N) is 1. The van der Waals surface area contributed by atoms with Crippen LogP contribution in [-0.4, -0.2) is 93.5 Å². The predicted molar refractivity (Wildman–Crippen MR) is 440 cm³/mol. The first-order valence-corrected chi connectivity index (χ1v) is 39.3. The molecule has 0 radical (unpaired) electrons. The van der Waals surface area contributed by atoms with E-state index in [1.165, 1.54) is 30.3 Å². The van der Waals surface area contributed by atoms with Gasteiger partial charge in [0.2, 0.25) is 0 Å². The molecule has 19 heteroatoms. The first-order chi connectivity index (χ1) is 54.1. The fourth-order valence-electron chi connectivity index (χ4n) is 14.4. The van der Waals surface area contributed by atoms with Crippen LogP contribution in [0.5, 0.6) is 11.5 Å². The molecule has 6 atom stereocenters. The van der Waals surface area contributed by atoms with Crippen molar-refractivity contribution in [1.82, 2.24) is 4.57 Å². The van der Waals surface area contributed by atoms with Crippen molar-refractivity contribution < 1.29 is 75.4 Å². The van der Waals surface area contributed by atoms with E-state index in [-0.39, 0.29) is 97.4 Å². The minimum Gasteiger partial charge on any atom is -0.488 e. The summed E-state index contributed by atoms with van der Waals surface area (Å²) >= 11 is 0. The summed E-state index contributed by atoms with van der Waals surface area (Å²) in [5.74, 6) is -7.01. The van der Waals surface area contributed by atoms with Gasteiger partial charge >= 0.3 is 11.9 Å². The van der Waals surface area contributed by atoms with Crippen molar-refractivity contribution in [3.8, 4) is 33.9 Å². The van der Waals surface area contributed by atoms with Crippen molar-refractivity contribution in [2.45, 2.75) is 221 Å². The molecule has 1 aromatic heterocycles. The molecule has 3 heterocycles. The van der Waals surface area contributed by atoms with Crippen LogP contribution >= 0.6 is 0 Å². The number of carbonyl (C=O) groups excluding carboxylic acids is 6. The number of halogens is 2. The number of amides is 1. The number of hydrogen-bond acceptors (Lipinski definition) is 15. The maximum absolute atomic E-state index is 15.2. The zero-order chi connectivity index (χ0) is 82.5. The van der Waals surface area contributed by atoms with Crippen molar-refractivity contribution in [3.63, 3.8) is 0 Å². The zero-order valence-corrected chi connectivity index (χ0v) is 68.2. The molecule has 17 nitrogen and oxygen atoms in total. The van der Waals surface area contributed by atoms with Gasteiger partial charge in [0, 0.05) is 66.4 Å². The molecule has 9 aromatic rings. The number of benzene rings is 8. The molecule has 604 valence electrons. The maximum Gasteiger partial charge on any atom is 0.308 e. The highest BCUT2D eigenvalue weighted by atomic mass is 19.1. The van der Waals surface area contributed by atoms with E-state index >= 15 is 4.39 Å². The SMILES string of the molecule is CC(C)(C)OC(=O)C[C@H]1C[C@@H](CCN)OC(C)(C)O1.CC(C)C(=O)C(C(=O)Cc1ccccc1)C(C(=O)c1ccc(F)cc1OCc1ccccc1)c1ccccc1.CC(C)c1c(C(=O)Nc2ccccc2)c(-c2ccccc2)c(-c2ccc(F)cc2OCc2ccccc2)n1CC[C@@H]1C[C@H](CC(=O)OC(C)(C)C)OC(C)(C)O1. The van der Waals surface area contributed by atoms with Crippen molar-refractivity contribution in [2.24, 2.45) is 17.6 Å². The predicted octanol–water partition coefficient (Wildman–Crippen LogP) is 19.9. The molecule has 0 aliphatic carbocycles. The Morgan fingerprint density at radius 3 is 1.46 bits per heavy atom. The highest BCUT2D eigenvalue weighted by Crippen LogP contribution is 2.47. The van der Waals surface area contributed by atoms with Crippen molar-refractivity contribution >= 4 is 40.9 Å². The van der Waals surface area contributed by atoms with E-state index in [0.717, 1.165) is 45.6 Å². The lowest BCUT2D eigenvalue weighted by atomic mass is 9.73. The second-order valence-electron chi connectivity index (χ2n) is 32.4. The van der Waals surface area contributed by atoms with Crippen molar-refractivity contribution in [3.05, 3.63) is 269 Å². The summed E-state index contributed by atoms with van der Waals surface area (Å²) in [5.41, 5.74) is 12.7. The summed E-state index contributed by atoms with van der Waals surface area (Å²) in [6.45, 7) is 27.5. The number of nitrogens with one attached hydrogen (secondary N) is 1. The van der Waals surface area contributed by atoms with E-state index in [9.17, 15) is 33.2 Å². The minimum absolute atomic E-state index is 0.0152. The molecule has 2 fully saturated rings. The Morgan fingerprint density at radius 1 is 0.544 bits per heavy atom. The highest BCUT2D eigenvalue weighted by Gasteiger charge is 2.43. The number of esters is 2. The number of carbonyl (C=O) groups is 6. The molecule has 1 amide bonds. The second-order valence-corrected chi connectivity index (χ2v) is 32.4. The van der Waals surface area contributed by atoms with Gasteiger partial charge in [-0.05, 0) is 159 Å². The van der Waals surface area contributed by atoms with Crippen LogP contribution in [0.25, 0.3) is 22.4 Å². The molecule has 2 aliphatic heterocycles. The normalized spacial score (nSPS) is 17.0. The van der Waals surface area contributed by atoms with E-state index < -0.39 is 64.1 Å². The number of ether oxygens (including phenoxy) is 8. The Morgan fingerprint density at radius 2 is 0.982 bits per heavy atom.